The molecule has 0 aliphatic carbocycles. The Balaban J connectivity index is 2.83. The monoisotopic (exact) mass is 410 g/mol. The summed E-state index contributed by atoms with van der Waals surface area (Å²) in [5.74, 6) is 1.36. The van der Waals surface area contributed by atoms with Crippen LogP contribution in [-0.2, 0) is 15.8 Å². The molecule has 0 fully saturated rings. The fourth-order valence-electron chi connectivity index (χ4n) is 2.99. The van der Waals surface area contributed by atoms with Crippen LogP contribution in [0.3, 0.4) is 0 Å². The summed E-state index contributed by atoms with van der Waals surface area (Å²) in [5, 5.41) is 9.62. The summed E-state index contributed by atoms with van der Waals surface area (Å²) in [6.07, 6.45) is 0.867. The Morgan fingerprint density at radius 2 is 1.61 bits per heavy atom. The lowest BCUT2D eigenvalue weighted by Crippen LogP contribution is -2.49. The Labute approximate surface area is 173 Å². The van der Waals surface area contributed by atoms with Gasteiger partial charge in [0.05, 0.1) is 25.9 Å². The zero-order valence-electron chi connectivity index (χ0n) is 19.4. The summed E-state index contributed by atoms with van der Waals surface area (Å²) in [4.78, 5) is 0. The zero-order valence-corrected chi connectivity index (χ0v) is 20.4. The Hall–Kier alpha value is -0.883. The van der Waals surface area contributed by atoms with E-state index in [0.29, 0.717) is 6.61 Å². The maximum Gasteiger partial charge on any atom is 0.192 e. The molecule has 5 heteroatoms. The van der Waals surface area contributed by atoms with Crippen molar-refractivity contribution < 1.29 is 19.0 Å². The Morgan fingerprint density at radius 3 is 2.07 bits per heavy atom. The molecule has 162 valence electrons. The SMILES string of the molecule is COc1ccc(COC(C)C(C)C(O[Si](C)(C)C(C)(C)C)C(C)CCO)cc1. The molecule has 4 nitrogen and oxygen atoms in total. The normalized spacial score (nSPS) is 17.1. The van der Waals surface area contributed by atoms with Crippen molar-refractivity contribution in [3.05, 3.63) is 29.8 Å². The van der Waals surface area contributed by atoms with E-state index < -0.39 is 8.32 Å². The number of benzene rings is 1. The number of methoxy groups -OCH3 is 1. The molecule has 0 heterocycles. The van der Waals surface area contributed by atoms with Gasteiger partial charge in [-0.15, -0.1) is 0 Å². The van der Waals surface area contributed by atoms with Crippen LogP contribution in [0.1, 0.15) is 53.5 Å². The highest BCUT2D eigenvalue weighted by atomic mass is 28.4. The zero-order chi connectivity index (χ0) is 21.5. The predicted molar refractivity (Wildman–Crippen MR) is 119 cm³/mol. The van der Waals surface area contributed by atoms with E-state index in [2.05, 4.69) is 54.6 Å². The van der Waals surface area contributed by atoms with Crippen LogP contribution >= 0.6 is 0 Å². The quantitative estimate of drug-likeness (QED) is 0.479. The first kappa shape index (κ1) is 25.2. The van der Waals surface area contributed by atoms with Gasteiger partial charge in [0.15, 0.2) is 8.32 Å². The van der Waals surface area contributed by atoms with Gasteiger partial charge >= 0.3 is 0 Å². The van der Waals surface area contributed by atoms with Crippen molar-refractivity contribution in [1.82, 2.24) is 0 Å². The topological polar surface area (TPSA) is 47.9 Å². The molecule has 0 aliphatic rings. The second-order valence-corrected chi connectivity index (χ2v) is 14.3. The Kier molecular flexibility index (Phi) is 9.67. The van der Waals surface area contributed by atoms with Crippen LogP contribution in [0.2, 0.25) is 18.1 Å². The molecule has 0 spiro atoms. The summed E-state index contributed by atoms with van der Waals surface area (Å²) < 4.78 is 18.2. The number of hydrogen-bond acceptors (Lipinski definition) is 4. The van der Waals surface area contributed by atoms with Crippen LogP contribution in [0.4, 0.5) is 0 Å². The van der Waals surface area contributed by atoms with E-state index in [1.54, 1.807) is 7.11 Å². The third-order valence-electron chi connectivity index (χ3n) is 6.31. The van der Waals surface area contributed by atoms with Crippen molar-refractivity contribution in [3.8, 4) is 5.75 Å². The van der Waals surface area contributed by atoms with Gasteiger partial charge in [-0.3, -0.25) is 0 Å². The van der Waals surface area contributed by atoms with E-state index in [1.807, 2.05) is 24.3 Å². The molecule has 1 rings (SSSR count). The number of aliphatic hydroxyl groups excluding tert-OH is 1. The fourth-order valence-corrected chi connectivity index (χ4v) is 4.48. The summed E-state index contributed by atoms with van der Waals surface area (Å²) in [5.41, 5.74) is 1.13. The van der Waals surface area contributed by atoms with E-state index in [4.69, 9.17) is 13.9 Å². The van der Waals surface area contributed by atoms with Gasteiger partial charge < -0.3 is 19.0 Å². The number of hydrogen-bond donors (Lipinski definition) is 1. The highest BCUT2D eigenvalue weighted by Crippen LogP contribution is 2.40. The minimum absolute atomic E-state index is 0.0537. The number of rotatable bonds is 11. The molecule has 0 saturated carbocycles. The lowest BCUT2D eigenvalue weighted by molar-refractivity contribution is -0.0418. The Bertz CT molecular complexity index is 565. The van der Waals surface area contributed by atoms with Crippen molar-refractivity contribution in [2.45, 2.75) is 84.9 Å². The molecule has 4 unspecified atom stereocenters. The van der Waals surface area contributed by atoms with Gasteiger partial charge in [0.25, 0.3) is 0 Å². The van der Waals surface area contributed by atoms with Crippen molar-refractivity contribution in [2.24, 2.45) is 11.8 Å². The average Bonchev–Trinajstić information content (AvgIpc) is 2.63. The van der Waals surface area contributed by atoms with Crippen LogP contribution in [0.5, 0.6) is 5.75 Å². The van der Waals surface area contributed by atoms with Gasteiger partial charge in [-0.2, -0.15) is 0 Å². The average molecular weight is 411 g/mol. The molecular weight excluding hydrogens is 368 g/mol. The summed E-state index contributed by atoms with van der Waals surface area (Å²) in [7, 11) is -0.245. The van der Waals surface area contributed by atoms with Crippen LogP contribution in [0, 0.1) is 11.8 Å². The summed E-state index contributed by atoms with van der Waals surface area (Å²) in [6.45, 7) is 18.7. The van der Waals surface area contributed by atoms with Gasteiger partial charge in [0, 0.05) is 12.5 Å². The fraction of sp³-hybridized carbons (Fsp3) is 0.739. The third-order valence-corrected chi connectivity index (χ3v) is 10.8. The molecule has 1 N–H and O–H groups in total. The van der Waals surface area contributed by atoms with Crippen molar-refractivity contribution in [3.63, 3.8) is 0 Å². The first-order valence-electron chi connectivity index (χ1n) is 10.5. The standard InChI is InChI=1S/C23H42O4Si/c1-17(14-15-24)22(27-28(8,9)23(4,5)6)18(2)19(3)26-16-20-10-12-21(25-7)13-11-20/h10-13,17-19,22,24H,14-16H2,1-9H3. The maximum absolute atomic E-state index is 9.47. The molecule has 1 aromatic rings. The molecule has 0 amide bonds. The molecule has 0 radical (unpaired) electrons. The second kappa shape index (κ2) is 10.8. The number of aliphatic hydroxyl groups is 1. The molecular formula is C23H42O4Si. The molecule has 0 bridgehead atoms. The predicted octanol–water partition coefficient (Wildman–Crippen LogP) is 5.65. The van der Waals surface area contributed by atoms with Gasteiger partial charge in [-0.1, -0.05) is 46.8 Å². The van der Waals surface area contributed by atoms with Crippen molar-refractivity contribution >= 4 is 8.32 Å². The lowest BCUT2D eigenvalue weighted by atomic mass is 9.88. The van der Waals surface area contributed by atoms with Crippen molar-refractivity contribution in [1.29, 1.82) is 0 Å². The summed E-state index contributed by atoms with van der Waals surface area (Å²) in [6, 6.07) is 7.99. The van der Waals surface area contributed by atoms with Crippen LogP contribution < -0.4 is 4.74 Å². The highest BCUT2D eigenvalue weighted by molar-refractivity contribution is 6.74. The summed E-state index contributed by atoms with van der Waals surface area (Å²) >= 11 is 0. The van der Waals surface area contributed by atoms with Gasteiger partial charge in [-0.05, 0) is 55.1 Å². The molecule has 1 aromatic carbocycles. The Morgan fingerprint density at radius 1 is 1.04 bits per heavy atom. The maximum atomic E-state index is 9.47. The number of ether oxygens (including phenoxy) is 2. The van der Waals surface area contributed by atoms with Gasteiger partial charge in [0.1, 0.15) is 5.75 Å². The van der Waals surface area contributed by atoms with E-state index in [-0.39, 0.29) is 35.7 Å². The van der Waals surface area contributed by atoms with E-state index in [1.165, 1.54) is 0 Å². The largest absolute Gasteiger partial charge is 0.497 e. The molecule has 4 atom stereocenters. The molecule has 0 aromatic heterocycles. The molecule has 28 heavy (non-hydrogen) atoms. The highest BCUT2D eigenvalue weighted by Gasteiger charge is 2.42. The first-order chi connectivity index (χ1) is 12.9. The molecule has 0 saturated heterocycles. The van der Waals surface area contributed by atoms with E-state index >= 15 is 0 Å². The minimum Gasteiger partial charge on any atom is -0.497 e. The van der Waals surface area contributed by atoms with Crippen LogP contribution in [0.15, 0.2) is 24.3 Å². The van der Waals surface area contributed by atoms with Crippen molar-refractivity contribution in [2.75, 3.05) is 13.7 Å². The van der Waals surface area contributed by atoms with Gasteiger partial charge in [-0.25, -0.2) is 0 Å². The van der Waals surface area contributed by atoms with Gasteiger partial charge in [0.2, 0.25) is 0 Å². The van der Waals surface area contributed by atoms with E-state index in [0.717, 1.165) is 17.7 Å². The van der Waals surface area contributed by atoms with E-state index in [9.17, 15) is 5.11 Å². The molecule has 0 aliphatic heterocycles. The lowest BCUT2D eigenvalue weighted by Gasteiger charge is -2.44. The second-order valence-electron chi connectivity index (χ2n) is 9.56. The first-order valence-corrected chi connectivity index (χ1v) is 13.4. The minimum atomic E-state index is -1.92. The van der Waals surface area contributed by atoms with Crippen LogP contribution in [0.25, 0.3) is 0 Å². The smallest absolute Gasteiger partial charge is 0.192 e. The van der Waals surface area contributed by atoms with Crippen LogP contribution in [-0.4, -0.2) is 39.3 Å². The third kappa shape index (κ3) is 7.18.